The molecule has 0 radical (unpaired) electrons. The van der Waals surface area contributed by atoms with E-state index in [0.29, 0.717) is 18.8 Å². The normalized spacial score (nSPS) is 10.5. The van der Waals surface area contributed by atoms with E-state index in [1.165, 1.54) is 6.20 Å². The molecule has 0 atom stereocenters. The fourth-order valence-corrected chi connectivity index (χ4v) is 1.94. The predicted octanol–water partition coefficient (Wildman–Crippen LogP) is 1.64. The molecule has 0 aliphatic rings. The fraction of sp³-hybridized carbons (Fsp3) is 0.143. The van der Waals surface area contributed by atoms with Crippen molar-refractivity contribution < 1.29 is 9.21 Å². The van der Waals surface area contributed by atoms with Gasteiger partial charge in [-0.1, -0.05) is 6.07 Å². The van der Waals surface area contributed by atoms with Crippen LogP contribution < -0.4 is 0 Å². The Hall–Kier alpha value is -2.96. The summed E-state index contributed by atoms with van der Waals surface area (Å²) in [5, 5.41) is 9.94. The first-order valence-electron chi connectivity index (χ1n) is 6.40. The summed E-state index contributed by atoms with van der Waals surface area (Å²) in [7, 11) is 0. The zero-order valence-corrected chi connectivity index (χ0v) is 11.1. The summed E-state index contributed by atoms with van der Waals surface area (Å²) in [5.74, 6) is 0.466. The van der Waals surface area contributed by atoms with Gasteiger partial charge in [0.1, 0.15) is 5.76 Å². The second-order valence-electron chi connectivity index (χ2n) is 4.42. The van der Waals surface area contributed by atoms with Gasteiger partial charge in [-0.15, -0.1) is 0 Å². The number of nitrogens with one attached hydrogen (secondary N) is 1. The maximum absolute atomic E-state index is 12.5. The van der Waals surface area contributed by atoms with Gasteiger partial charge in [0.2, 0.25) is 0 Å². The quantitative estimate of drug-likeness (QED) is 0.769. The van der Waals surface area contributed by atoms with Gasteiger partial charge in [-0.2, -0.15) is 15.4 Å². The van der Waals surface area contributed by atoms with E-state index in [4.69, 9.17) is 4.42 Å². The van der Waals surface area contributed by atoms with Crippen LogP contribution in [0.25, 0.3) is 0 Å². The molecule has 0 saturated carbocycles. The Bertz CT molecular complexity index is 680. The SMILES string of the molecule is O=C(c1cn[nH]n1)N(Cc1ccccn1)Cc1ccco1. The summed E-state index contributed by atoms with van der Waals surface area (Å²) in [6, 6.07) is 9.19. The van der Waals surface area contributed by atoms with Crippen molar-refractivity contribution in [3.05, 3.63) is 66.1 Å². The molecule has 1 amide bonds. The van der Waals surface area contributed by atoms with Gasteiger partial charge in [0.05, 0.1) is 31.2 Å². The molecule has 0 aliphatic heterocycles. The Morgan fingerprint density at radius 2 is 2.19 bits per heavy atom. The second-order valence-corrected chi connectivity index (χ2v) is 4.42. The summed E-state index contributed by atoms with van der Waals surface area (Å²) in [6.07, 6.45) is 4.67. The molecule has 7 nitrogen and oxygen atoms in total. The number of amides is 1. The molecule has 3 aromatic heterocycles. The minimum Gasteiger partial charge on any atom is -0.467 e. The van der Waals surface area contributed by atoms with E-state index in [9.17, 15) is 4.79 Å². The van der Waals surface area contributed by atoms with Crippen molar-refractivity contribution >= 4 is 5.91 Å². The van der Waals surface area contributed by atoms with Gasteiger partial charge in [0.25, 0.3) is 5.91 Å². The number of aromatic amines is 1. The molecule has 0 saturated heterocycles. The monoisotopic (exact) mass is 283 g/mol. The molecule has 1 N–H and O–H groups in total. The number of carbonyl (C=O) groups excluding carboxylic acids is 1. The van der Waals surface area contributed by atoms with Crippen molar-refractivity contribution in [2.75, 3.05) is 0 Å². The van der Waals surface area contributed by atoms with Gasteiger partial charge in [-0.05, 0) is 24.3 Å². The largest absolute Gasteiger partial charge is 0.467 e. The molecule has 0 aliphatic carbocycles. The molecule has 0 spiro atoms. The molecule has 0 aromatic carbocycles. The molecule has 3 heterocycles. The lowest BCUT2D eigenvalue weighted by Crippen LogP contribution is -2.30. The lowest BCUT2D eigenvalue weighted by molar-refractivity contribution is 0.0709. The first-order valence-corrected chi connectivity index (χ1v) is 6.40. The first kappa shape index (κ1) is 13.0. The van der Waals surface area contributed by atoms with Gasteiger partial charge in [0.15, 0.2) is 5.69 Å². The number of hydrogen-bond acceptors (Lipinski definition) is 5. The van der Waals surface area contributed by atoms with E-state index < -0.39 is 0 Å². The average Bonchev–Trinajstić information content (AvgIpc) is 3.20. The van der Waals surface area contributed by atoms with Gasteiger partial charge < -0.3 is 9.32 Å². The first-order chi connectivity index (χ1) is 10.3. The number of pyridine rings is 1. The molecule has 0 unspecified atom stereocenters. The number of furan rings is 1. The van der Waals surface area contributed by atoms with Crippen LogP contribution in [0.15, 0.2) is 53.4 Å². The van der Waals surface area contributed by atoms with E-state index in [1.54, 1.807) is 23.4 Å². The Morgan fingerprint density at radius 3 is 2.86 bits per heavy atom. The topological polar surface area (TPSA) is 87.9 Å². The smallest absolute Gasteiger partial charge is 0.276 e. The van der Waals surface area contributed by atoms with Crippen molar-refractivity contribution in [2.45, 2.75) is 13.1 Å². The summed E-state index contributed by atoms with van der Waals surface area (Å²) in [5.41, 5.74) is 1.05. The van der Waals surface area contributed by atoms with E-state index in [-0.39, 0.29) is 11.6 Å². The molecule has 7 heteroatoms. The third-order valence-corrected chi connectivity index (χ3v) is 2.93. The lowest BCUT2D eigenvalue weighted by atomic mass is 10.3. The highest BCUT2D eigenvalue weighted by molar-refractivity contribution is 5.91. The van der Waals surface area contributed by atoms with Crippen molar-refractivity contribution in [3.63, 3.8) is 0 Å². The highest BCUT2D eigenvalue weighted by Gasteiger charge is 2.20. The Morgan fingerprint density at radius 1 is 1.24 bits per heavy atom. The van der Waals surface area contributed by atoms with Crippen LogP contribution in [-0.4, -0.2) is 31.2 Å². The molecule has 21 heavy (non-hydrogen) atoms. The molecular weight excluding hydrogens is 270 g/mol. The van der Waals surface area contributed by atoms with Gasteiger partial charge in [0, 0.05) is 6.20 Å². The zero-order valence-electron chi connectivity index (χ0n) is 11.1. The van der Waals surface area contributed by atoms with Crippen molar-refractivity contribution in [3.8, 4) is 0 Å². The average molecular weight is 283 g/mol. The van der Waals surface area contributed by atoms with Crippen LogP contribution in [0.2, 0.25) is 0 Å². The van der Waals surface area contributed by atoms with Crippen LogP contribution in [0, 0.1) is 0 Å². The number of nitrogens with zero attached hydrogens (tertiary/aromatic N) is 4. The summed E-state index contributed by atoms with van der Waals surface area (Å²) >= 11 is 0. The Kier molecular flexibility index (Phi) is 3.72. The van der Waals surface area contributed by atoms with Crippen LogP contribution in [0.5, 0.6) is 0 Å². The lowest BCUT2D eigenvalue weighted by Gasteiger charge is -2.20. The minimum absolute atomic E-state index is 0.231. The highest BCUT2D eigenvalue weighted by atomic mass is 16.3. The summed E-state index contributed by atoms with van der Waals surface area (Å²) < 4.78 is 5.31. The number of aromatic nitrogens is 4. The van der Waals surface area contributed by atoms with Crippen molar-refractivity contribution in [1.29, 1.82) is 0 Å². The Labute approximate surface area is 120 Å². The Balaban J connectivity index is 1.82. The third kappa shape index (κ3) is 3.14. The molecule has 106 valence electrons. The van der Waals surface area contributed by atoms with Crippen LogP contribution >= 0.6 is 0 Å². The second kappa shape index (κ2) is 6.00. The minimum atomic E-state index is -0.231. The van der Waals surface area contributed by atoms with Crippen molar-refractivity contribution in [1.82, 2.24) is 25.3 Å². The maximum Gasteiger partial charge on any atom is 0.276 e. The number of carbonyl (C=O) groups is 1. The fourth-order valence-electron chi connectivity index (χ4n) is 1.94. The van der Waals surface area contributed by atoms with Crippen LogP contribution in [0.4, 0.5) is 0 Å². The van der Waals surface area contributed by atoms with E-state index in [1.807, 2.05) is 24.3 Å². The molecule has 0 bridgehead atoms. The zero-order chi connectivity index (χ0) is 14.5. The molecule has 3 aromatic rings. The number of H-pyrrole nitrogens is 1. The van der Waals surface area contributed by atoms with Crippen LogP contribution in [-0.2, 0) is 13.1 Å². The third-order valence-electron chi connectivity index (χ3n) is 2.93. The van der Waals surface area contributed by atoms with Crippen LogP contribution in [0.3, 0.4) is 0 Å². The number of hydrogen-bond donors (Lipinski definition) is 1. The summed E-state index contributed by atoms with van der Waals surface area (Å²) in [4.78, 5) is 18.3. The molecule has 0 fully saturated rings. The van der Waals surface area contributed by atoms with Gasteiger partial charge in [-0.25, -0.2) is 0 Å². The standard InChI is InChI=1S/C14H13N5O2/c20-14(13-8-16-18-17-13)19(10-12-5-3-7-21-12)9-11-4-1-2-6-15-11/h1-8H,9-10H2,(H,16,17,18). The highest BCUT2D eigenvalue weighted by Crippen LogP contribution is 2.12. The van der Waals surface area contributed by atoms with Crippen molar-refractivity contribution in [2.24, 2.45) is 0 Å². The summed E-state index contributed by atoms with van der Waals surface area (Å²) in [6.45, 7) is 0.711. The molecule has 3 rings (SSSR count). The van der Waals surface area contributed by atoms with Gasteiger partial charge >= 0.3 is 0 Å². The molecular formula is C14H13N5O2. The number of rotatable bonds is 5. The van der Waals surface area contributed by atoms with Gasteiger partial charge in [-0.3, -0.25) is 9.78 Å². The van der Waals surface area contributed by atoms with E-state index in [0.717, 1.165) is 5.69 Å². The predicted molar refractivity (Wildman–Crippen MR) is 72.9 cm³/mol. The van der Waals surface area contributed by atoms with E-state index in [2.05, 4.69) is 20.4 Å². The van der Waals surface area contributed by atoms with Crippen LogP contribution in [0.1, 0.15) is 21.9 Å². The van der Waals surface area contributed by atoms with E-state index >= 15 is 0 Å². The maximum atomic E-state index is 12.5.